The molecule has 1 atom stereocenters. The highest BCUT2D eigenvalue weighted by atomic mass is 35.5. The Morgan fingerprint density at radius 2 is 2.09 bits per heavy atom. The van der Waals surface area contributed by atoms with E-state index in [1.807, 2.05) is 13.0 Å². The third-order valence-electron chi connectivity index (χ3n) is 5.35. The van der Waals surface area contributed by atoms with Crippen molar-refractivity contribution in [1.82, 2.24) is 4.90 Å². The monoisotopic (exact) mass is 456 g/mol. The van der Waals surface area contributed by atoms with E-state index in [2.05, 4.69) is 5.32 Å². The van der Waals surface area contributed by atoms with Crippen LogP contribution in [0.3, 0.4) is 0 Å². The van der Waals surface area contributed by atoms with E-state index in [1.54, 1.807) is 30.3 Å². The van der Waals surface area contributed by atoms with Gasteiger partial charge in [0.1, 0.15) is 18.3 Å². The van der Waals surface area contributed by atoms with Gasteiger partial charge in [-0.1, -0.05) is 23.7 Å². The number of hydrogen-bond acceptors (Lipinski definition) is 5. The molecule has 0 aromatic heterocycles. The van der Waals surface area contributed by atoms with Gasteiger partial charge in [-0.05, 0) is 49.6 Å². The van der Waals surface area contributed by atoms with E-state index in [-0.39, 0.29) is 31.2 Å². The van der Waals surface area contributed by atoms with Crippen LogP contribution in [-0.2, 0) is 20.9 Å². The molecule has 0 fully saturated rings. The fourth-order valence-electron chi connectivity index (χ4n) is 3.57. The van der Waals surface area contributed by atoms with Crippen molar-refractivity contribution in [2.24, 2.45) is 0 Å². The van der Waals surface area contributed by atoms with E-state index >= 15 is 0 Å². The minimum absolute atomic E-state index is 0.142. The number of hydrogen-bond donors (Lipinski definition) is 1. The molecule has 2 amide bonds. The van der Waals surface area contributed by atoms with Crippen LogP contribution in [0.15, 0.2) is 36.4 Å². The maximum Gasteiger partial charge on any atom is 0.255 e. The molecule has 7 nitrogen and oxygen atoms in total. The van der Waals surface area contributed by atoms with E-state index in [1.165, 1.54) is 4.90 Å². The lowest BCUT2D eigenvalue weighted by atomic mass is 10.1. The van der Waals surface area contributed by atoms with Crippen molar-refractivity contribution in [1.29, 1.82) is 0 Å². The fraction of sp³-hybridized carbons (Fsp3) is 0.333. The Labute approximate surface area is 191 Å². The van der Waals surface area contributed by atoms with Gasteiger partial charge in [0.05, 0.1) is 19.2 Å². The number of rotatable bonds is 11. The second-order valence-corrected chi connectivity index (χ2v) is 8.03. The summed E-state index contributed by atoms with van der Waals surface area (Å²) in [5.74, 6) is 0.172. The maximum absolute atomic E-state index is 12.7. The summed E-state index contributed by atoms with van der Waals surface area (Å²) in [5, 5.41) is 3.40. The Morgan fingerprint density at radius 3 is 2.81 bits per heavy atom. The number of fused-ring (bicyclic) bond motifs is 1. The molecule has 1 heterocycles. The number of ether oxygens (including phenoxy) is 1. The minimum Gasteiger partial charge on any atom is -0.493 e. The molecule has 1 N–H and O–H groups in total. The molecule has 168 valence electrons. The molecule has 0 saturated heterocycles. The molecular weight excluding hydrogens is 432 g/mol. The van der Waals surface area contributed by atoms with Crippen LogP contribution in [0.25, 0.3) is 0 Å². The highest BCUT2D eigenvalue weighted by molar-refractivity contribution is 6.31. The van der Waals surface area contributed by atoms with Gasteiger partial charge in [-0.3, -0.25) is 9.59 Å². The van der Waals surface area contributed by atoms with Crippen LogP contribution >= 0.6 is 11.6 Å². The number of benzene rings is 2. The largest absolute Gasteiger partial charge is 0.493 e. The second kappa shape index (κ2) is 10.9. The van der Waals surface area contributed by atoms with E-state index in [0.717, 1.165) is 11.8 Å². The normalized spacial score (nSPS) is 13.4. The highest BCUT2D eigenvalue weighted by Crippen LogP contribution is 2.32. The number of aryl methyl sites for hydroxylation is 1. The Morgan fingerprint density at radius 1 is 1.28 bits per heavy atom. The van der Waals surface area contributed by atoms with Crippen LogP contribution in [0.1, 0.15) is 47.2 Å². The SMILES string of the molecule is Cc1ccc(NC(=O)CCCOc2cccc3c2CN(C(C=O)CCC=O)C3=O)cc1Cl. The summed E-state index contributed by atoms with van der Waals surface area (Å²) in [4.78, 5) is 48.4. The second-order valence-electron chi connectivity index (χ2n) is 7.63. The lowest BCUT2D eigenvalue weighted by Gasteiger charge is -2.22. The zero-order valence-corrected chi connectivity index (χ0v) is 18.6. The number of carbonyl (C=O) groups excluding carboxylic acids is 4. The third kappa shape index (κ3) is 5.53. The van der Waals surface area contributed by atoms with Gasteiger partial charge in [-0.15, -0.1) is 0 Å². The van der Waals surface area contributed by atoms with Gasteiger partial charge >= 0.3 is 0 Å². The van der Waals surface area contributed by atoms with Gasteiger partial charge < -0.3 is 24.5 Å². The molecule has 2 aromatic carbocycles. The lowest BCUT2D eigenvalue weighted by Crippen LogP contribution is -2.36. The maximum atomic E-state index is 12.7. The number of aldehydes is 2. The number of halogens is 1. The third-order valence-corrected chi connectivity index (χ3v) is 5.76. The molecule has 0 radical (unpaired) electrons. The molecule has 1 aliphatic heterocycles. The molecule has 32 heavy (non-hydrogen) atoms. The van der Waals surface area contributed by atoms with Gasteiger partial charge in [0, 0.05) is 34.7 Å². The van der Waals surface area contributed by atoms with Crippen LogP contribution in [-0.4, -0.2) is 41.9 Å². The van der Waals surface area contributed by atoms with Gasteiger partial charge in [0.2, 0.25) is 5.91 Å². The lowest BCUT2D eigenvalue weighted by molar-refractivity contribution is -0.116. The number of nitrogens with one attached hydrogen (secondary N) is 1. The first kappa shape index (κ1) is 23.5. The van der Waals surface area contributed by atoms with E-state index in [9.17, 15) is 19.2 Å². The van der Waals surface area contributed by atoms with Gasteiger partial charge in [0.15, 0.2) is 0 Å². The van der Waals surface area contributed by atoms with Crippen molar-refractivity contribution in [3.8, 4) is 5.75 Å². The van der Waals surface area contributed by atoms with Crippen molar-refractivity contribution in [2.45, 2.75) is 45.2 Å². The first-order valence-corrected chi connectivity index (χ1v) is 10.8. The number of amides is 2. The smallest absolute Gasteiger partial charge is 0.255 e. The molecule has 3 rings (SSSR count). The molecule has 0 spiro atoms. The molecule has 8 heteroatoms. The highest BCUT2D eigenvalue weighted by Gasteiger charge is 2.34. The Kier molecular flexibility index (Phi) is 8.00. The Hall–Kier alpha value is -3.19. The Balaban J connectivity index is 1.53. The van der Waals surface area contributed by atoms with Crippen LogP contribution < -0.4 is 10.1 Å². The van der Waals surface area contributed by atoms with Gasteiger partial charge in [0.25, 0.3) is 5.91 Å². The summed E-state index contributed by atoms with van der Waals surface area (Å²) >= 11 is 6.08. The predicted molar refractivity (Wildman–Crippen MR) is 121 cm³/mol. The zero-order chi connectivity index (χ0) is 23.1. The topological polar surface area (TPSA) is 92.8 Å². The fourth-order valence-corrected chi connectivity index (χ4v) is 3.75. The van der Waals surface area contributed by atoms with Crippen molar-refractivity contribution in [2.75, 3.05) is 11.9 Å². The first-order valence-electron chi connectivity index (χ1n) is 10.4. The van der Waals surface area contributed by atoms with E-state index in [0.29, 0.717) is 53.3 Å². The Bertz CT molecular complexity index is 1020. The molecular formula is C24H25ClN2O5. The van der Waals surface area contributed by atoms with E-state index < -0.39 is 6.04 Å². The van der Waals surface area contributed by atoms with Crippen molar-refractivity contribution >= 4 is 41.7 Å². The number of nitrogens with zero attached hydrogens (tertiary/aromatic N) is 1. The van der Waals surface area contributed by atoms with E-state index in [4.69, 9.17) is 16.3 Å². The van der Waals surface area contributed by atoms with Crippen molar-refractivity contribution in [3.05, 3.63) is 58.1 Å². The molecule has 1 aliphatic rings. The van der Waals surface area contributed by atoms with Crippen LogP contribution in [0.2, 0.25) is 5.02 Å². The van der Waals surface area contributed by atoms with Crippen molar-refractivity contribution in [3.63, 3.8) is 0 Å². The summed E-state index contributed by atoms with van der Waals surface area (Å²) in [6.45, 7) is 2.44. The summed E-state index contributed by atoms with van der Waals surface area (Å²) in [5.41, 5.74) is 2.79. The van der Waals surface area contributed by atoms with Crippen LogP contribution in [0, 0.1) is 6.92 Å². The summed E-state index contributed by atoms with van der Waals surface area (Å²) < 4.78 is 5.85. The van der Waals surface area contributed by atoms with Crippen LogP contribution in [0.5, 0.6) is 5.75 Å². The predicted octanol–water partition coefficient (Wildman–Crippen LogP) is 3.95. The molecule has 0 saturated carbocycles. The summed E-state index contributed by atoms with van der Waals surface area (Å²) in [7, 11) is 0. The minimum atomic E-state index is -0.646. The first-order chi connectivity index (χ1) is 15.4. The number of anilines is 1. The average Bonchev–Trinajstić information content (AvgIpc) is 3.12. The zero-order valence-electron chi connectivity index (χ0n) is 17.8. The summed E-state index contributed by atoms with van der Waals surface area (Å²) in [6.07, 6.45) is 2.71. The average molecular weight is 457 g/mol. The standard InChI is InChI=1S/C24H25ClN2O5/c1-16-9-10-17(13-21(16)25)26-23(30)8-4-12-32-22-7-2-6-19-20(22)14-27(24(19)31)18(15-29)5-3-11-28/h2,6-7,9-11,13,15,18H,3-5,8,12,14H2,1H3,(H,26,30). The molecule has 0 aliphatic carbocycles. The van der Waals surface area contributed by atoms with Gasteiger partial charge in [-0.2, -0.15) is 0 Å². The number of carbonyl (C=O) groups is 4. The van der Waals surface area contributed by atoms with Crippen molar-refractivity contribution < 1.29 is 23.9 Å². The molecule has 2 aromatic rings. The summed E-state index contributed by atoms with van der Waals surface area (Å²) in [6, 6.07) is 9.90. The van der Waals surface area contributed by atoms with Gasteiger partial charge in [-0.25, -0.2) is 0 Å². The molecule has 1 unspecified atom stereocenters. The quantitative estimate of drug-likeness (QED) is 0.408. The van der Waals surface area contributed by atoms with Crippen LogP contribution in [0.4, 0.5) is 5.69 Å². The molecule has 0 bridgehead atoms.